The molecule has 1 heterocycles. The zero-order valence-corrected chi connectivity index (χ0v) is 9.23. The second kappa shape index (κ2) is 4.24. The average Bonchev–Trinajstić information content (AvgIpc) is 2.09. The first-order valence-corrected chi connectivity index (χ1v) is 5.74. The fourth-order valence-electron chi connectivity index (χ4n) is 1.37. The van der Waals surface area contributed by atoms with Crippen LogP contribution in [0.3, 0.4) is 0 Å². The Morgan fingerprint density at radius 3 is 2.44 bits per heavy atom. The van der Waals surface area contributed by atoms with Gasteiger partial charge in [0.25, 0.3) is 15.7 Å². The molecule has 0 radical (unpaired) electrons. The molecule has 0 aliphatic carbocycles. The lowest BCUT2D eigenvalue weighted by molar-refractivity contribution is 0.261. The molecule has 1 aromatic rings. The Kier molecular flexibility index (Phi) is 3.36. The van der Waals surface area contributed by atoms with Crippen molar-refractivity contribution < 1.29 is 23.2 Å². The molecule has 0 aliphatic rings. The minimum atomic E-state index is -4.61. The molecule has 0 aliphatic heterocycles. The first-order chi connectivity index (χ1) is 7.29. The molecule has 16 heavy (non-hydrogen) atoms. The van der Waals surface area contributed by atoms with Crippen LogP contribution in [0.15, 0.2) is 15.8 Å². The van der Waals surface area contributed by atoms with Gasteiger partial charge >= 0.3 is 0 Å². The van der Waals surface area contributed by atoms with Gasteiger partial charge in [-0.1, -0.05) is 0 Å². The van der Waals surface area contributed by atoms with Gasteiger partial charge in [-0.3, -0.25) is 13.9 Å². The first-order valence-electron chi connectivity index (χ1n) is 4.30. The summed E-state index contributed by atoms with van der Waals surface area (Å²) in [5, 5.41) is 18.2. The van der Waals surface area contributed by atoms with Crippen molar-refractivity contribution in [2.45, 2.75) is 18.4 Å². The van der Waals surface area contributed by atoms with Crippen LogP contribution in [-0.4, -0.2) is 34.4 Å². The van der Waals surface area contributed by atoms with Crippen molar-refractivity contribution in [2.24, 2.45) is 0 Å². The van der Waals surface area contributed by atoms with Gasteiger partial charge in [0, 0.05) is 6.07 Å². The molecule has 0 saturated heterocycles. The molecule has 0 bridgehead atoms. The number of rotatable bonds is 3. The Hall–Kier alpha value is -1.38. The quantitative estimate of drug-likeness (QED) is 0.598. The lowest BCUT2D eigenvalue weighted by Crippen LogP contribution is -2.23. The van der Waals surface area contributed by atoms with Gasteiger partial charge in [-0.05, 0) is 12.5 Å². The molecule has 1 rings (SSSR count). The largest absolute Gasteiger partial charge is 0.493 e. The lowest BCUT2D eigenvalue weighted by atomic mass is 10.3. The molecule has 0 fully saturated rings. The number of aliphatic hydroxyl groups excluding tert-OH is 1. The van der Waals surface area contributed by atoms with E-state index in [-0.39, 0.29) is 12.1 Å². The maximum absolute atomic E-state index is 11.3. The van der Waals surface area contributed by atoms with Gasteiger partial charge in [0.1, 0.15) is 0 Å². The van der Waals surface area contributed by atoms with E-state index in [9.17, 15) is 18.3 Å². The van der Waals surface area contributed by atoms with Crippen LogP contribution in [-0.2, 0) is 16.7 Å². The van der Waals surface area contributed by atoms with Crippen LogP contribution in [0.25, 0.3) is 0 Å². The number of hydrogen-bond donors (Lipinski definition) is 3. The highest BCUT2D eigenvalue weighted by atomic mass is 32.2. The number of aliphatic hydroxyl groups is 1. The summed E-state index contributed by atoms with van der Waals surface area (Å²) >= 11 is 0. The van der Waals surface area contributed by atoms with Crippen LogP contribution >= 0.6 is 0 Å². The number of aryl methyl sites for hydroxylation is 1. The zero-order chi connectivity index (χ0) is 12.5. The molecule has 3 N–H and O–H groups in total. The fourth-order valence-corrected chi connectivity index (χ4v) is 2.17. The van der Waals surface area contributed by atoms with Crippen molar-refractivity contribution in [1.29, 1.82) is 0 Å². The smallest absolute Gasteiger partial charge is 0.300 e. The van der Waals surface area contributed by atoms with E-state index in [1.807, 2.05) is 0 Å². The van der Waals surface area contributed by atoms with E-state index < -0.39 is 33.1 Å². The molecule has 0 amide bonds. The van der Waals surface area contributed by atoms with Crippen molar-refractivity contribution in [3.05, 3.63) is 22.0 Å². The van der Waals surface area contributed by atoms with Crippen molar-refractivity contribution >= 4 is 10.1 Å². The Morgan fingerprint density at radius 2 is 2.00 bits per heavy atom. The number of nitrogens with zero attached hydrogens (tertiary/aromatic N) is 1. The summed E-state index contributed by atoms with van der Waals surface area (Å²) in [6.45, 7) is 0.572. The van der Waals surface area contributed by atoms with Crippen LogP contribution in [0.4, 0.5) is 0 Å². The third-order valence-corrected chi connectivity index (χ3v) is 3.02. The van der Waals surface area contributed by atoms with Gasteiger partial charge in [-0.2, -0.15) is 8.42 Å². The monoisotopic (exact) mass is 249 g/mol. The maximum atomic E-state index is 11.3. The molecular formula is C8H11NO6S. The molecular weight excluding hydrogens is 238 g/mol. The Labute approximate surface area is 91.3 Å². The van der Waals surface area contributed by atoms with Gasteiger partial charge < -0.3 is 10.2 Å². The first kappa shape index (κ1) is 12.7. The fraction of sp³-hybridized carbons (Fsp3) is 0.375. The van der Waals surface area contributed by atoms with Crippen LogP contribution in [0.2, 0.25) is 0 Å². The summed E-state index contributed by atoms with van der Waals surface area (Å²) in [5.74, 6) is -0.874. The van der Waals surface area contributed by atoms with Crippen LogP contribution in [0.1, 0.15) is 5.56 Å². The van der Waals surface area contributed by atoms with E-state index in [0.717, 1.165) is 6.07 Å². The van der Waals surface area contributed by atoms with Crippen molar-refractivity contribution in [1.82, 2.24) is 4.57 Å². The van der Waals surface area contributed by atoms with Crippen LogP contribution in [0.5, 0.6) is 5.88 Å². The minimum absolute atomic E-state index is 0.0563. The average molecular weight is 249 g/mol. The highest BCUT2D eigenvalue weighted by Gasteiger charge is 2.22. The van der Waals surface area contributed by atoms with Crippen LogP contribution in [0, 0.1) is 6.92 Å². The summed E-state index contributed by atoms with van der Waals surface area (Å²) in [4.78, 5) is 10.6. The summed E-state index contributed by atoms with van der Waals surface area (Å²) in [5.41, 5.74) is -0.712. The van der Waals surface area contributed by atoms with Crippen molar-refractivity contribution in [3.8, 4) is 5.88 Å². The summed E-state index contributed by atoms with van der Waals surface area (Å²) in [6.07, 6.45) is 0. The topological polar surface area (TPSA) is 117 Å². The summed E-state index contributed by atoms with van der Waals surface area (Å²) in [6, 6.07) is 0.957. The lowest BCUT2D eigenvalue weighted by Gasteiger charge is -2.11. The minimum Gasteiger partial charge on any atom is -0.493 e. The third-order valence-electron chi connectivity index (χ3n) is 2.00. The van der Waals surface area contributed by atoms with Gasteiger partial charge in [-0.15, -0.1) is 0 Å². The van der Waals surface area contributed by atoms with Crippen molar-refractivity contribution in [3.63, 3.8) is 0 Å². The van der Waals surface area contributed by atoms with Crippen molar-refractivity contribution in [2.75, 3.05) is 6.61 Å². The standard InChI is InChI=1S/C8H11NO6S/c1-5-4-6(11)9(2-3-10)8(12)7(5)16(13,14)15/h4,10,12H,2-3H2,1H3,(H,13,14,15). The highest BCUT2D eigenvalue weighted by molar-refractivity contribution is 7.86. The van der Waals surface area contributed by atoms with E-state index in [1.165, 1.54) is 6.92 Å². The molecule has 8 heteroatoms. The SMILES string of the molecule is Cc1cc(=O)n(CCO)c(O)c1S(=O)(=O)O. The van der Waals surface area contributed by atoms with Gasteiger partial charge in [-0.25, -0.2) is 0 Å². The molecule has 0 atom stereocenters. The van der Waals surface area contributed by atoms with Gasteiger partial charge in [0.05, 0.1) is 13.2 Å². The molecule has 0 saturated carbocycles. The Balaban J connectivity index is 3.65. The van der Waals surface area contributed by atoms with Gasteiger partial charge in [0.2, 0.25) is 5.88 Å². The van der Waals surface area contributed by atoms with E-state index in [2.05, 4.69) is 0 Å². The number of hydrogen-bond acceptors (Lipinski definition) is 5. The predicted molar refractivity (Wildman–Crippen MR) is 54.0 cm³/mol. The molecule has 1 aromatic heterocycles. The highest BCUT2D eigenvalue weighted by Crippen LogP contribution is 2.23. The summed E-state index contributed by atoms with van der Waals surface area (Å²) < 4.78 is 31.5. The number of aromatic hydroxyl groups is 1. The number of aromatic nitrogens is 1. The molecule has 0 aromatic carbocycles. The van der Waals surface area contributed by atoms with E-state index in [4.69, 9.17) is 9.66 Å². The molecule has 0 unspecified atom stereocenters. The van der Waals surface area contributed by atoms with Crippen LogP contribution < -0.4 is 5.56 Å². The normalized spacial score (nSPS) is 11.7. The number of pyridine rings is 1. The van der Waals surface area contributed by atoms with E-state index >= 15 is 0 Å². The molecule has 0 spiro atoms. The maximum Gasteiger partial charge on any atom is 0.300 e. The Morgan fingerprint density at radius 1 is 1.44 bits per heavy atom. The summed E-state index contributed by atoms with van der Waals surface area (Å²) in [7, 11) is -4.61. The Bertz CT molecular complexity index is 559. The second-order valence-corrected chi connectivity index (χ2v) is 4.53. The molecule has 90 valence electrons. The second-order valence-electron chi connectivity index (χ2n) is 3.17. The van der Waals surface area contributed by atoms with Gasteiger partial charge in [0.15, 0.2) is 4.90 Å². The molecule has 7 nitrogen and oxygen atoms in total. The third kappa shape index (κ3) is 2.23. The predicted octanol–water partition coefficient (Wildman–Crippen LogP) is -0.899. The zero-order valence-electron chi connectivity index (χ0n) is 8.41. The van der Waals surface area contributed by atoms with E-state index in [1.54, 1.807) is 0 Å². The van der Waals surface area contributed by atoms with E-state index in [0.29, 0.717) is 4.57 Å².